The molecule has 6 nitrogen and oxygen atoms in total. The number of rotatable bonds is 3. The number of carbonyl (C=O) groups is 1. The lowest BCUT2D eigenvalue weighted by atomic mass is 10.0. The predicted octanol–water partition coefficient (Wildman–Crippen LogP) is 3.49. The van der Waals surface area contributed by atoms with E-state index in [9.17, 15) is 9.18 Å². The first-order valence-corrected chi connectivity index (χ1v) is 10.1. The highest BCUT2D eigenvalue weighted by Gasteiger charge is 2.29. The molecule has 0 spiro atoms. The number of halogens is 1. The third-order valence-corrected chi connectivity index (χ3v) is 5.46. The Morgan fingerprint density at radius 1 is 1.17 bits per heavy atom. The maximum atomic E-state index is 14.0. The molecule has 0 bridgehead atoms. The third-order valence-electron chi connectivity index (χ3n) is 5.46. The van der Waals surface area contributed by atoms with E-state index in [1.165, 1.54) is 12.1 Å². The van der Waals surface area contributed by atoms with Gasteiger partial charge in [-0.05, 0) is 38.0 Å². The van der Waals surface area contributed by atoms with Crippen LogP contribution in [0.3, 0.4) is 0 Å². The summed E-state index contributed by atoms with van der Waals surface area (Å²) in [7, 11) is 0. The Morgan fingerprint density at radius 3 is 2.79 bits per heavy atom. The molecule has 0 radical (unpaired) electrons. The number of carbonyl (C=O) groups excluding carboxylic acids is 1. The van der Waals surface area contributed by atoms with Crippen LogP contribution in [0.5, 0.6) is 5.75 Å². The minimum atomic E-state index is -0.345. The molecule has 0 saturated carbocycles. The largest absolute Gasteiger partial charge is 0.488 e. The highest BCUT2D eigenvalue weighted by molar-refractivity contribution is 5.75. The maximum Gasteiger partial charge on any atom is 0.320 e. The lowest BCUT2D eigenvalue weighted by Crippen LogP contribution is -2.52. The molecule has 2 aromatic rings. The topological polar surface area (TPSA) is 54.9 Å². The fourth-order valence-corrected chi connectivity index (χ4v) is 3.93. The van der Waals surface area contributed by atoms with E-state index in [0.717, 1.165) is 29.7 Å². The molecule has 4 rings (SSSR count). The SMILES string of the molecule is Cc1ncccc1-c1ccc(F)cc1OC1CCCN(C(=O)N2CCOCC2)C1. The van der Waals surface area contributed by atoms with E-state index in [-0.39, 0.29) is 18.0 Å². The fourth-order valence-electron chi connectivity index (χ4n) is 3.93. The van der Waals surface area contributed by atoms with Crippen LogP contribution in [0.25, 0.3) is 11.1 Å². The smallest absolute Gasteiger partial charge is 0.320 e. The van der Waals surface area contributed by atoms with E-state index in [1.54, 1.807) is 12.3 Å². The van der Waals surface area contributed by atoms with Crippen molar-refractivity contribution in [1.82, 2.24) is 14.8 Å². The summed E-state index contributed by atoms with van der Waals surface area (Å²) in [5.74, 6) is 0.147. The van der Waals surface area contributed by atoms with Gasteiger partial charge in [0.15, 0.2) is 0 Å². The van der Waals surface area contributed by atoms with Gasteiger partial charge in [0.25, 0.3) is 0 Å². The second-order valence-corrected chi connectivity index (χ2v) is 7.49. The van der Waals surface area contributed by atoms with Gasteiger partial charge in [-0.3, -0.25) is 4.98 Å². The first-order valence-electron chi connectivity index (χ1n) is 10.1. The van der Waals surface area contributed by atoms with Crippen LogP contribution < -0.4 is 4.74 Å². The lowest BCUT2D eigenvalue weighted by Gasteiger charge is -2.37. The summed E-state index contributed by atoms with van der Waals surface area (Å²) in [5.41, 5.74) is 2.59. The van der Waals surface area contributed by atoms with Crippen molar-refractivity contribution < 1.29 is 18.7 Å². The summed E-state index contributed by atoms with van der Waals surface area (Å²) < 4.78 is 25.6. The number of aromatic nitrogens is 1. The molecule has 2 aliphatic rings. The van der Waals surface area contributed by atoms with Gasteiger partial charge in [0.1, 0.15) is 17.7 Å². The van der Waals surface area contributed by atoms with E-state index >= 15 is 0 Å². The van der Waals surface area contributed by atoms with Crippen molar-refractivity contribution in [1.29, 1.82) is 0 Å². The molecule has 0 aliphatic carbocycles. The Balaban J connectivity index is 1.51. The van der Waals surface area contributed by atoms with Crippen LogP contribution in [0.15, 0.2) is 36.5 Å². The summed E-state index contributed by atoms with van der Waals surface area (Å²) in [4.78, 5) is 20.8. The quantitative estimate of drug-likeness (QED) is 0.793. The molecule has 2 saturated heterocycles. The molecule has 0 N–H and O–H groups in total. The molecular formula is C22H26FN3O3. The number of hydrogen-bond donors (Lipinski definition) is 0. The first-order chi connectivity index (χ1) is 14.1. The number of piperidine rings is 1. The van der Waals surface area contributed by atoms with Crippen LogP contribution in [0.4, 0.5) is 9.18 Å². The van der Waals surface area contributed by atoms with E-state index in [1.807, 2.05) is 28.9 Å². The monoisotopic (exact) mass is 399 g/mol. The van der Waals surface area contributed by atoms with Gasteiger partial charge in [-0.25, -0.2) is 9.18 Å². The lowest BCUT2D eigenvalue weighted by molar-refractivity contribution is 0.0331. The minimum Gasteiger partial charge on any atom is -0.488 e. The van der Waals surface area contributed by atoms with Gasteiger partial charge in [0.2, 0.25) is 0 Å². The molecular weight excluding hydrogens is 373 g/mol. The maximum absolute atomic E-state index is 14.0. The average Bonchev–Trinajstić information content (AvgIpc) is 2.75. The highest BCUT2D eigenvalue weighted by Crippen LogP contribution is 2.33. The van der Waals surface area contributed by atoms with Crippen LogP contribution >= 0.6 is 0 Å². The summed E-state index contributed by atoms with van der Waals surface area (Å²) in [6.07, 6.45) is 3.25. The van der Waals surface area contributed by atoms with Crippen molar-refractivity contribution in [2.24, 2.45) is 0 Å². The average molecular weight is 399 g/mol. The molecule has 2 amide bonds. The fraction of sp³-hybridized carbons (Fsp3) is 0.455. The molecule has 1 atom stereocenters. The van der Waals surface area contributed by atoms with Gasteiger partial charge >= 0.3 is 6.03 Å². The van der Waals surface area contributed by atoms with Gasteiger partial charge < -0.3 is 19.3 Å². The van der Waals surface area contributed by atoms with Gasteiger partial charge in [0.05, 0.1) is 19.8 Å². The highest BCUT2D eigenvalue weighted by atomic mass is 19.1. The van der Waals surface area contributed by atoms with Crippen molar-refractivity contribution in [3.05, 3.63) is 48.0 Å². The Kier molecular flexibility index (Phi) is 5.94. The van der Waals surface area contributed by atoms with Gasteiger partial charge in [-0.15, -0.1) is 0 Å². The minimum absolute atomic E-state index is 0.0316. The Bertz CT molecular complexity index is 870. The van der Waals surface area contributed by atoms with E-state index in [4.69, 9.17) is 9.47 Å². The Hall–Kier alpha value is -2.67. The van der Waals surface area contributed by atoms with Crippen LogP contribution in [-0.2, 0) is 4.74 Å². The van der Waals surface area contributed by atoms with E-state index in [2.05, 4.69) is 4.98 Å². The molecule has 29 heavy (non-hydrogen) atoms. The number of benzene rings is 1. The zero-order valence-corrected chi connectivity index (χ0v) is 16.6. The van der Waals surface area contributed by atoms with Gasteiger partial charge in [0, 0.05) is 48.7 Å². The molecule has 1 unspecified atom stereocenters. The van der Waals surface area contributed by atoms with Crippen molar-refractivity contribution in [2.45, 2.75) is 25.9 Å². The first kappa shape index (κ1) is 19.6. The summed E-state index contributed by atoms with van der Waals surface area (Å²) >= 11 is 0. The predicted molar refractivity (Wildman–Crippen MR) is 107 cm³/mol. The Morgan fingerprint density at radius 2 is 2.00 bits per heavy atom. The molecule has 154 valence electrons. The number of urea groups is 1. The van der Waals surface area contributed by atoms with Crippen molar-refractivity contribution >= 4 is 6.03 Å². The molecule has 7 heteroatoms. The van der Waals surface area contributed by atoms with Crippen LogP contribution in [-0.4, -0.2) is 66.3 Å². The summed E-state index contributed by atoms with van der Waals surface area (Å²) in [6.45, 7) is 5.54. The van der Waals surface area contributed by atoms with E-state index < -0.39 is 0 Å². The van der Waals surface area contributed by atoms with Crippen LogP contribution in [0, 0.1) is 12.7 Å². The summed E-state index contributed by atoms with van der Waals surface area (Å²) in [6, 6.07) is 8.43. The molecule has 3 heterocycles. The molecule has 1 aromatic carbocycles. The number of amides is 2. The number of morpholine rings is 1. The van der Waals surface area contributed by atoms with Gasteiger partial charge in [-0.1, -0.05) is 6.07 Å². The second-order valence-electron chi connectivity index (χ2n) is 7.49. The second kappa shape index (κ2) is 8.78. The standard InChI is InChI=1S/C22H26FN3O3/c1-16-19(5-2-8-24-16)20-7-6-17(23)14-21(20)29-18-4-3-9-26(15-18)22(27)25-10-12-28-13-11-25/h2,5-8,14,18H,3-4,9-13,15H2,1H3. The van der Waals surface area contributed by atoms with Gasteiger partial charge in [-0.2, -0.15) is 0 Å². The number of ether oxygens (including phenoxy) is 2. The molecule has 2 fully saturated rings. The summed E-state index contributed by atoms with van der Waals surface area (Å²) in [5, 5.41) is 0. The zero-order valence-electron chi connectivity index (χ0n) is 16.6. The number of aryl methyl sites for hydroxylation is 1. The number of pyridine rings is 1. The molecule has 2 aliphatic heterocycles. The van der Waals surface area contributed by atoms with Crippen LogP contribution in [0.2, 0.25) is 0 Å². The third kappa shape index (κ3) is 4.50. The van der Waals surface area contributed by atoms with Crippen molar-refractivity contribution in [2.75, 3.05) is 39.4 Å². The van der Waals surface area contributed by atoms with Crippen molar-refractivity contribution in [3.8, 4) is 16.9 Å². The zero-order chi connectivity index (χ0) is 20.2. The number of nitrogens with zero attached hydrogens (tertiary/aromatic N) is 3. The Labute approximate surface area is 170 Å². The van der Waals surface area contributed by atoms with Crippen molar-refractivity contribution in [3.63, 3.8) is 0 Å². The van der Waals surface area contributed by atoms with Crippen LogP contribution in [0.1, 0.15) is 18.5 Å². The van der Waals surface area contributed by atoms with E-state index in [0.29, 0.717) is 45.1 Å². The number of likely N-dealkylation sites (tertiary alicyclic amines) is 1. The molecule has 1 aromatic heterocycles. The number of hydrogen-bond acceptors (Lipinski definition) is 4. The normalized spacial score (nSPS) is 19.9.